The second-order valence-corrected chi connectivity index (χ2v) is 9.46. The van der Waals surface area contributed by atoms with Crippen molar-refractivity contribution in [2.45, 2.75) is 48.0 Å². The second-order valence-electron chi connectivity index (χ2n) is 9.46. The molecule has 0 aliphatic heterocycles. The van der Waals surface area contributed by atoms with Gasteiger partial charge in [-0.3, -0.25) is 4.57 Å². The molecule has 4 nitrogen and oxygen atoms in total. The van der Waals surface area contributed by atoms with Gasteiger partial charge in [-0.2, -0.15) is 0 Å². The van der Waals surface area contributed by atoms with Gasteiger partial charge in [0.15, 0.2) is 0 Å². The van der Waals surface area contributed by atoms with Crippen LogP contribution in [0.15, 0.2) is 42.5 Å². The van der Waals surface area contributed by atoms with Crippen molar-refractivity contribution in [3.63, 3.8) is 0 Å². The SMILES string of the molecule is CCCN(CCN(C)CC)c1cc(C)nc2c1c1ccccc1n2-c1c(C)cc(C)cc1C. The second kappa shape index (κ2) is 9.56. The van der Waals surface area contributed by atoms with Crippen molar-refractivity contribution < 1.29 is 0 Å². The fourth-order valence-electron chi connectivity index (χ4n) is 5.13. The highest BCUT2D eigenvalue weighted by atomic mass is 15.2. The molecule has 2 heterocycles. The maximum absolute atomic E-state index is 5.13. The topological polar surface area (TPSA) is 24.3 Å². The summed E-state index contributed by atoms with van der Waals surface area (Å²) in [5, 5.41) is 2.54. The first kappa shape index (κ1) is 23.3. The van der Waals surface area contributed by atoms with Crippen LogP contribution in [0.25, 0.3) is 27.6 Å². The molecule has 0 aliphatic carbocycles. The molecular weight excluding hydrogens is 404 g/mol. The Labute approximate surface area is 198 Å². The molecular formula is C29H38N4. The third-order valence-corrected chi connectivity index (χ3v) is 6.72. The zero-order valence-electron chi connectivity index (χ0n) is 21.4. The largest absolute Gasteiger partial charge is 0.370 e. The summed E-state index contributed by atoms with van der Waals surface area (Å²) in [7, 11) is 2.20. The van der Waals surface area contributed by atoms with Crippen LogP contribution >= 0.6 is 0 Å². The van der Waals surface area contributed by atoms with E-state index in [0.717, 1.165) is 43.9 Å². The summed E-state index contributed by atoms with van der Waals surface area (Å²) in [6, 6.07) is 15.6. The van der Waals surface area contributed by atoms with Gasteiger partial charge in [-0.25, -0.2) is 4.98 Å². The highest BCUT2D eigenvalue weighted by Gasteiger charge is 2.22. The van der Waals surface area contributed by atoms with Crippen molar-refractivity contribution in [2.24, 2.45) is 0 Å². The monoisotopic (exact) mass is 442 g/mol. The number of aryl methyl sites for hydroxylation is 4. The molecule has 0 saturated heterocycles. The molecule has 4 rings (SSSR count). The summed E-state index contributed by atoms with van der Waals surface area (Å²) in [6.45, 7) is 17.4. The summed E-state index contributed by atoms with van der Waals surface area (Å²) >= 11 is 0. The van der Waals surface area contributed by atoms with Crippen LogP contribution in [0.1, 0.15) is 42.7 Å². The Balaban J connectivity index is 2.04. The Kier molecular flexibility index (Phi) is 6.76. The van der Waals surface area contributed by atoms with Crippen molar-refractivity contribution in [3.05, 3.63) is 64.8 Å². The van der Waals surface area contributed by atoms with Gasteiger partial charge in [-0.05, 0) is 71.0 Å². The number of anilines is 1. The number of nitrogens with zero attached hydrogens (tertiary/aromatic N) is 4. The summed E-state index contributed by atoms with van der Waals surface area (Å²) in [6.07, 6.45) is 1.12. The van der Waals surface area contributed by atoms with Gasteiger partial charge in [-0.15, -0.1) is 0 Å². The Morgan fingerprint density at radius 1 is 0.879 bits per heavy atom. The van der Waals surface area contributed by atoms with Crippen LogP contribution in [0.4, 0.5) is 5.69 Å². The number of pyridine rings is 1. The minimum Gasteiger partial charge on any atom is -0.370 e. The molecule has 0 radical (unpaired) electrons. The van der Waals surface area contributed by atoms with Crippen LogP contribution in [0.2, 0.25) is 0 Å². The van der Waals surface area contributed by atoms with Gasteiger partial charge >= 0.3 is 0 Å². The molecule has 0 saturated carbocycles. The van der Waals surface area contributed by atoms with Gasteiger partial charge in [0, 0.05) is 30.7 Å². The number of fused-ring (bicyclic) bond motifs is 3. The van der Waals surface area contributed by atoms with Crippen LogP contribution in [-0.4, -0.2) is 47.7 Å². The van der Waals surface area contributed by atoms with E-state index in [2.05, 4.69) is 105 Å². The van der Waals surface area contributed by atoms with Gasteiger partial charge in [-0.1, -0.05) is 49.7 Å². The number of likely N-dealkylation sites (N-methyl/N-ethyl adjacent to an activating group) is 1. The molecule has 0 atom stereocenters. The smallest absolute Gasteiger partial charge is 0.147 e. The molecule has 0 amide bonds. The van der Waals surface area contributed by atoms with E-state index < -0.39 is 0 Å². The Morgan fingerprint density at radius 2 is 1.58 bits per heavy atom. The van der Waals surface area contributed by atoms with Gasteiger partial charge in [0.2, 0.25) is 0 Å². The quantitative estimate of drug-likeness (QED) is 0.308. The number of rotatable bonds is 8. The lowest BCUT2D eigenvalue weighted by atomic mass is 10.0. The van der Waals surface area contributed by atoms with Gasteiger partial charge in [0.1, 0.15) is 5.65 Å². The predicted molar refractivity (Wildman–Crippen MR) is 143 cm³/mol. The van der Waals surface area contributed by atoms with Crippen LogP contribution in [0.3, 0.4) is 0 Å². The van der Waals surface area contributed by atoms with E-state index in [-0.39, 0.29) is 0 Å². The van der Waals surface area contributed by atoms with Gasteiger partial charge in [0.05, 0.1) is 22.3 Å². The molecule has 33 heavy (non-hydrogen) atoms. The first-order valence-electron chi connectivity index (χ1n) is 12.3. The maximum atomic E-state index is 5.13. The highest BCUT2D eigenvalue weighted by Crippen LogP contribution is 2.39. The minimum absolute atomic E-state index is 1.01. The first-order chi connectivity index (χ1) is 15.8. The fraction of sp³-hybridized carbons (Fsp3) is 0.414. The fourth-order valence-corrected chi connectivity index (χ4v) is 5.13. The van der Waals surface area contributed by atoms with E-state index in [1.54, 1.807) is 0 Å². The number of para-hydroxylation sites is 1. The molecule has 2 aromatic carbocycles. The lowest BCUT2D eigenvalue weighted by molar-refractivity contribution is 0.358. The molecule has 0 fully saturated rings. The maximum Gasteiger partial charge on any atom is 0.147 e. The molecule has 2 aromatic heterocycles. The van der Waals surface area contributed by atoms with Crippen LogP contribution in [0.5, 0.6) is 0 Å². The molecule has 0 bridgehead atoms. The molecule has 0 spiro atoms. The molecule has 4 aromatic rings. The number of aromatic nitrogens is 2. The third kappa shape index (κ3) is 4.37. The van der Waals surface area contributed by atoms with Gasteiger partial charge in [0.25, 0.3) is 0 Å². The van der Waals surface area contributed by atoms with Crippen molar-refractivity contribution in [2.75, 3.05) is 38.1 Å². The summed E-state index contributed by atoms with van der Waals surface area (Å²) in [4.78, 5) is 10.1. The van der Waals surface area contributed by atoms with Gasteiger partial charge < -0.3 is 9.80 Å². The van der Waals surface area contributed by atoms with Crippen LogP contribution < -0.4 is 4.90 Å². The zero-order valence-corrected chi connectivity index (χ0v) is 21.4. The molecule has 4 heteroatoms. The lowest BCUT2D eigenvalue weighted by Crippen LogP contribution is -2.34. The van der Waals surface area contributed by atoms with E-state index in [1.807, 2.05) is 0 Å². The average Bonchev–Trinajstić information content (AvgIpc) is 3.09. The molecule has 0 N–H and O–H groups in total. The predicted octanol–water partition coefficient (Wildman–Crippen LogP) is 6.58. The zero-order chi connectivity index (χ0) is 23.7. The first-order valence-corrected chi connectivity index (χ1v) is 12.3. The Bertz CT molecular complexity index is 1260. The average molecular weight is 443 g/mol. The molecule has 174 valence electrons. The number of hydrogen-bond donors (Lipinski definition) is 0. The van der Waals surface area contributed by atoms with Crippen molar-refractivity contribution in [1.29, 1.82) is 0 Å². The van der Waals surface area contributed by atoms with Crippen molar-refractivity contribution in [3.8, 4) is 5.69 Å². The van der Waals surface area contributed by atoms with E-state index in [4.69, 9.17) is 4.98 Å². The molecule has 0 unspecified atom stereocenters. The van der Waals surface area contributed by atoms with Crippen LogP contribution in [-0.2, 0) is 0 Å². The van der Waals surface area contributed by atoms with Crippen LogP contribution in [0, 0.1) is 27.7 Å². The highest BCUT2D eigenvalue weighted by molar-refractivity contribution is 6.14. The summed E-state index contributed by atoms with van der Waals surface area (Å²) < 4.78 is 2.40. The number of benzene rings is 2. The molecule has 0 aliphatic rings. The van der Waals surface area contributed by atoms with E-state index in [0.29, 0.717) is 0 Å². The minimum atomic E-state index is 1.01. The number of hydrogen-bond acceptors (Lipinski definition) is 3. The lowest BCUT2D eigenvalue weighted by Gasteiger charge is -2.28. The summed E-state index contributed by atoms with van der Waals surface area (Å²) in [5.74, 6) is 0. The Hall–Kier alpha value is -2.85. The van der Waals surface area contributed by atoms with Crippen molar-refractivity contribution in [1.82, 2.24) is 14.5 Å². The standard InChI is InChI=1S/C29H38N4/c1-8-14-32(16-15-31(7)9-2)26-19-23(6)30-29-27(26)24-12-10-11-13-25(24)33(29)28-21(4)17-20(3)18-22(28)5/h10-13,17-19H,8-9,14-16H2,1-7H3. The van der Waals surface area contributed by atoms with E-state index in [9.17, 15) is 0 Å². The van der Waals surface area contributed by atoms with E-state index in [1.165, 1.54) is 44.4 Å². The summed E-state index contributed by atoms with van der Waals surface area (Å²) in [5.41, 5.74) is 9.78. The third-order valence-electron chi connectivity index (χ3n) is 6.72. The van der Waals surface area contributed by atoms with E-state index >= 15 is 0 Å². The normalized spacial score (nSPS) is 11.8. The van der Waals surface area contributed by atoms with Crippen molar-refractivity contribution >= 4 is 27.6 Å². The Morgan fingerprint density at radius 3 is 2.24 bits per heavy atom.